The van der Waals surface area contributed by atoms with Crippen molar-refractivity contribution >= 4 is 23.2 Å². The molecule has 2 aromatic rings. The minimum Gasteiger partial charge on any atom is -0.356 e. The Morgan fingerprint density at radius 1 is 1.40 bits per heavy atom. The van der Waals surface area contributed by atoms with Gasteiger partial charge in [-0.3, -0.25) is 14.3 Å². The molecule has 1 aliphatic heterocycles. The lowest BCUT2D eigenvalue weighted by atomic mass is 10.1. The molecule has 3 rings (SSSR count). The zero-order chi connectivity index (χ0) is 17.6. The molecule has 0 spiro atoms. The molecule has 3 heterocycles. The number of aromatic nitrogens is 2. The monoisotopic (exact) mass is 360 g/mol. The predicted molar refractivity (Wildman–Crippen MR) is 97.2 cm³/mol. The summed E-state index contributed by atoms with van der Waals surface area (Å²) in [6, 6.07) is 5.92. The van der Waals surface area contributed by atoms with Gasteiger partial charge in [0.1, 0.15) is 0 Å². The summed E-state index contributed by atoms with van der Waals surface area (Å²) in [5.74, 6) is 0.158. The van der Waals surface area contributed by atoms with Crippen LogP contribution < -0.4 is 5.32 Å². The lowest BCUT2D eigenvalue weighted by Gasteiger charge is -2.33. The number of nitrogens with one attached hydrogen (secondary N) is 1. The van der Waals surface area contributed by atoms with Crippen molar-refractivity contribution in [2.75, 3.05) is 13.1 Å². The first kappa shape index (κ1) is 17.7. The molecule has 7 heteroatoms. The molecule has 1 N–H and O–H groups in total. The summed E-state index contributed by atoms with van der Waals surface area (Å²) in [6.07, 6.45) is 4.32. The number of thiophene rings is 1. The lowest BCUT2D eigenvalue weighted by Crippen LogP contribution is -2.43. The van der Waals surface area contributed by atoms with Gasteiger partial charge in [0.2, 0.25) is 11.8 Å². The van der Waals surface area contributed by atoms with Crippen molar-refractivity contribution in [1.82, 2.24) is 20.0 Å². The summed E-state index contributed by atoms with van der Waals surface area (Å²) in [4.78, 5) is 27.7. The van der Waals surface area contributed by atoms with E-state index in [0.717, 1.165) is 18.5 Å². The Hall–Kier alpha value is -2.15. The molecule has 2 aromatic heterocycles. The van der Waals surface area contributed by atoms with E-state index in [4.69, 9.17) is 0 Å². The van der Waals surface area contributed by atoms with E-state index in [2.05, 4.69) is 16.5 Å². The van der Waals surface area contributed by atoms with E-state index in [1.54, 1.807) is 17.5 Å². The standard InChI is InChI=1S/C18H24N4O2S/c1-2-4-18(24)21-12-14-6-9-20-22(14)15(13-21)11-17(23)19-8-7-16-5-3-10-25-16/h3,5-6,9-10,15H,2,4,7-8,11-13H2,1H3,(H,19,23)/t15-/m0/s1. The Labute approximate surface area is 151 Å². The number of hydrogen-bond donors (Lipinski definition) is 1. The van der Waals surface area contributed by atoms with E-state index in [1.165, 1.54) is 4.88 Å². The highest BCUT2D eigenvalue weighted by atomic mass is 32.1. The number of hydrogen-bond acceptors (Lipinski definition) is 4. The number of fused-ring (bicyclic) bond motifs is 1. The van der Waals surface area contributed by atoms with Crippen molar-refractivity contribution in [3.8, 4) is 0 Å². The number of carbonyl (C=O) groups excluding carboxylic acids is 2. The van der Waals surface area contributed by atoms with Crippen LogP contribution in [0.25, 0.3) is 0 Å². The molecule has 0 fully saturated rings. The average Bonchev–Trinajstić information content (AvgIpc) is 3.26. The fraction of sp³-hybridized carbons (Fsp3) is 0.500. The van der Waals surface area contributed by atoms with Gasteiger partial charge in [-0.2, -0.15) is 5.10 Å². The highest BCUT2D eigenvalue weighted by molar-refractivity contribution is 7.09. The number of carbonyl (C=O) groups is 2. The first-order chi connectivity index (χ1) is 12.2. The molecule has 25 heavy (non-hydrogen) atoms. The number of rotatable bonds is 7. The summed E-state index contributed by atoms with van der Waals surface area (Å²) in [5, 5.41) is 9.38. The van der Waals surface area contributed by atoms with Crippen molar-refractivity contribution in [3.63, 3.8) is 0 Å². The van der Waals surface area contributed by atoms with Crippen LogP contribution in [0.1, 0.15) is 42.8 Å². The molecular formula is C18H24N4O2S. The Bertz CT molecular complexity index is 710. The summed E-state index contributed by atoms with van der Waals surface area (Å²) in [7, 11) is 0. The van der Waals surface area contributed by atoms with Gasteiger partial charge in [-0.05, 0) is 30.4 Å². The molecule has 0 unspecified atom stereocenters. The van der Waals surface area contributed by atoms with Gasteiger partial charge in [-0.15, -0.1) is 11.3 Å². The zero-order valence-corrected chi connectivity index (χ0v) is 15.3. The Kier molecular flexibility index (Phi) is 5.86. The van der Waals surface area contributed by atoms with Crippen molar-refractivity contribution < 1.29 is 9.59 Å². The Morgan fingerprint density at radius 3 is 3.04 bits per heavy atom. The first-order valence-electron chi connectivity index (χ1n) is 8.76. The van der Waals surface area contributed by atoms with Crippen molar-refractivity contribution in [1.29, 1.82) is 0 Å². The molecule has 6 nitrogen and oxygen atoms in total. The molecule has 0 radical (unpaired) electrons. The van der Waals surface area contributed by atoms with Crippen molar-refractivity contribution in [2.45, 2.75) is 45.2 Å². The fourth-order valence-electron chi connectivity index (χ4n) is 3.17. The van der Waals surface area contributed by atoms with Crippen LogP contribution in [-0.4, -0.2) is 39.6 Å². The van der Waals surface area contributed by atoms with E-state index in [0.29, 0.717) is 32.5 Å². The normalized spacial score (nSPS) is 16.5. The molecular weight excluding hydrogens is 336 g/mol. The lowest BCUT2D eigenvalue weighted by molar-refractivity contribution is -0.134. The topological polar surface area (TPSA) is 67.2 Å². The average molecular weight is 360 g/mol. The maximum absolute atomic E-state index is 12.3. The van der Waals surface area contributed by atoms with Crippen molar-refractivity contribution in [2.24, 2.45) is 0 Å². The van der Waals surface area contributed by atoms with E-state index < -0.39 is 0 Å². The summed E-state index contributed by atoms with van der Waals surface area (Å²) < 4.78 is 1.90. The van der Waals surface area contributed by atoms with E-state index in [-0.39, 0.29) is 17.9 Å². The quantitative estimate of drug-likeness (QED) is 0.824. The second kappa shape index (κ2) is 8.29. The summed E-state index contributed by atoms with van der Waals surface area (Å²) in [6.45, 7) is 3.77. The summed E-state index contributed by atoms with van der Waals surface area (Å²) >= 11 is 1.70. The van der Waals surface area contributed by atoms with E-state index in [9.17, 15) is 9.59 Å². The van der Waals surface area contributed by atoms with Crippen LogP contribution in [0.4, 0.5) is 0 Å². The smallest absolute Gasteiger partial charge is 0.222 e. The third-order valence-corrected chi connectivity index (χ3v) is 5.33. The van der Waals surface area contributed by atoms with Gasteiger partial charge in [-0.1, -0.05) is 13.0 Å². The second-order valence-electron chi connectivity index (χ2n) is 6.33. The second-order valence-corrected chi connectivity index (χ2v) is 7.36. The zero-order valence-electron chi connectivity index (χ0n) is 14.5. The molecule has 0 aliphatic carbocycles. The maximum atomic E-state index is 12.3. The highest BCUT2D eigenvalue weighted by Gasteiger charge is 2.29. The minimum absolute atomic E-state index is 0.00722. The van der Waals surface area contributed by atoms with Crippen LogP contribution in [0.3, 0.4) is 0 Å². The van der Waals surface area contributed by atoms with Gasteiger partial charge in [0, 0.05) is 30.6 Å². The highest BCUT2D eigenvalue weighted by Crippen LogP contribution is 2.23. The molecule has 0 saturated carbocycles. The van der Waals surface area contributed by atoms with E-state index in [1.807, 2.05) is 34.0 Å². The fourth-order valence-corrected chi connectivity index (χ4v) is 3.88. The van der Waals surface area contributed by atoms with Crippen molar-refractivity contribution in [3.05, 3.63) is 40.3 Å². The van der Waals surface area contributed by atoms with Gasteiger partial charge >= 0.3 is 0 Å². The van der Waals surface area contributed by atoms with Gasteiger partial charge in [0.15, 0.2) is 0 Å². The Morgan fingerprint density at radius 2 is 2.28 bits per heavy atom. The number of nitrogens with zero attached hydrogens (tertiary/aromatic N) is 3. The van der Waals surface area contributed by atoms with Gasteiger partial charge in [0.05, 0.1) is 24.7 Å². The van der Waals surface area contributed by atoms with Gasteiger partial charge in [0.25, 0.3) is 0 Å². The summed E-state index contributed by atoms with van der Waals surface area (Å²) in [5.41, 5.74) is 0.993. The molecule has 0 aromatic carbocycles. The molecule has 1 atom stereocenters. The van der Waals surface area contributed by atoms with Crippen LogP contribution in [0.15, 0.2) is 29.8 Å². The predicted octanol–water partition coefficient (Wildman–Crippen LogP) is 2.38. The van der Waals surface area contributed by atoms with Crippen LogP contribution in [-0.2, 0) is 22.6 Å². The Balaban J connectivity index is 1.56. The van der Waals surface area contributed by atoms with Crippen LogP contribution in [0.2, 0.25) is 0 Å². The molecule has 1 aliphatic rings. The number of amides is 2. The molecule has 2 amide bonds. The van der Waals surface area contributed by atoms with E-state index >= 15 is 0 Å². The minimum atomic E-state index is -0.0960. The first-order valence-corrected chi connectivity index (χ1v) is 9.64. The molecule has 134 valence electrons. The van der Waals surface area contributed by atoms with Crippen LogP contribution in [0, 0.1) is 0 Å². The molecule has 0 bridgehead atoms. The van der Waals surface area contributed by atoms with Crippen LogP contribution in [0.5, 0.6) is 0 Å². The third-order valence-electron chi connectivity index (χ3n) is 4.39. The maximum Gasteiger partial charge on any atom is 0.222 e. The molecule has 0 saturated heterocycles. The third kappa shape index (κ3) is 4.48. The SMILES string of the molecule is CCCC(=O)N1Cc2ccnn2[C@@H](CC(=O)NCCc2cccs2)C1. The largest absolute Gasteiger partial charge is 0.356 e. The van der Waals surface area contributed by atoms with Gasteiger partial charge < -0.3 is 10.2 Å². The van der Waals surface area contributed by atoms with Gasteiger partial charge in [-0.25, -0.2) is 0 Å². The van der Waals surface area contributed by atoms with Crippen LogP contribution >= 0.6 is 11.3 Å².